The minimum absolute atomic E-state index is 0.0482. The lowest BCUT2D eigenvalue weighted by molar-refractivity contribution is -0.113. The van der Waals surface area contributed by atoms with Crippen molar-refractivity contribution < 1.29 is 4.79 Å². The van der Waals surface area contributed by atoms with Crippen LogP contribution >= 0.6 is 11.8 Å². The third kappa shape index (κ3) is 4.17. The molecule has 0 atom stereocenters. The highest BCUT2D eigenvalue weighted by atomic mass is 32.2. The Balaban J connectivity index is 1.78. The van der Waals surface area contributed by atoms with Gasteiger partial charge in [-0.3, -0.25) is 9.69 Å². The normalized spacial score (nSPS) is 16.8. The molecular weight excluding hydrogens is 376 g/mol. The van der Waals surface area contributed by atoms with Gasteiger partial charge < -0.3 is 0 Å². The average molecular weight is 399 g/mol. The molecule has 1 aliphatic heterocycles. The summed E-state index contributed by atoms with van der Waals surface area (Å²) in [4.78, 5) is 20.5. The van der Waals surface area contributed by atoms with Gasteiger partial charge in [0.1, 0.15) is 0 Å². The quantitative estimate of drug-likeness (QED) is 0.477. The van der Waals surface area contributed by atoms with Crippen molar-refractivity contribution in [3.63, 3.8) is 0 Å². The summed E-state index contributed by atoms with van der Waals surface area (Å²) >= 11 is 1.42. The molecule has 0 radical (unpaired) electrons. The van der Waals surface area contributed by atoms with Crippen molar-refractivity contribution in [1.29, 1.82) is 0 Å². The number of hydrogen-bond donors (Lipinski definition) is 0. The Morgan fingerprint density at radius 1 is 0.828 bits per heavy atom. The highest BCUT2D eigenvalue weighted by Crippen LogP contribution is 2.37. The Morgan fingerprint density at radius 2 is 1.45 bits per heavy atom. The molecule has 3 nitrogen and oxygen atoms in total. The second kappa shape index (κ2) is 8.10. The number of carbonyl (C=O) groups excluding carboxylic acids is 1. The van der Waals surface area contributed by atoms with Crippen LogP contribution in [-0.2, 0) is 4.79 Å². The lowest BCUT2D eigenvalue weighted by Crippen LogP contribution is -2.28. The van der Waals surface area contributed by atoms with Gasteiger partial charge in [-0.25, -0.2) is 4.99 Å². The Hall–Kier alpha value is -3.11. The topological polar surface area (TPSA) is 32.7 Å². The predicted octanol–water partition coefficient (Wildman–Crippen LogP) is 6.42. The van der Waals surface area contributed by atoms with E-state index in [1.807, 2.05) is 86.7 Å². The SMILES string of the molecule is Cc1ccc(N=C2SC(=Cc3ccccc3C)C(=O)N2c2ccc(C)cc2)cc1. The molecule has 4 heteroatoms. The summed E-state index contributed by atoms with van der Waals surface area (Å²) in [6.45, 7) is 6.14. The van der Waals surface area contributed by atoms with E-state index in [9.17, 15) is 4.79 Å². The van der Waals surface area contributed by atoms with Crippen LogP contribution in [0.15, 0.2) is 82.7 Å². The van der Waals surface area contributed by atoms with Crippen LogP contribution in [0.2, 0.25) is 0 Å². The summed E-state index contributed by atoms with van der Waals surface area (Å²) in [5.41, 5.74) is 6.18. The van der Waals surface area contributed by atoms with Crippen LogP contribution in [0.3, 0.4) is 0 Å². The van der Waals surface area contributed by atoms with E-state index in [4.69, 9.17) is 4.99 Å². The van der Waals surface area contributed by atoms with Gasteiger partial charge in [0.15, 0.2) is 5.17 Å². The van der Waals surface area contributed by atoms with Gasteiger partial charge in [0.25, 0.3) is 5.91 Å². The van der Waals surface area contributed by atoms with E-state index in [0.29, 0.717) is 10.1 Å². The third-order valence-corrected chi connectivity index (χ3v) is 5.80. The molecule has 29 heavy (non-hydrogen) atoms. The lowest BCUT2D eigenvalue weighted by Gasteiger charge is -2.16. The zero-order valence-corrected chi connectivity index (χ0v) is 17.5. The van der Waals surface area contributed by atoms with Crippen molar-refractivity contribution in [3.8, 4) is 0 Å². The van der Waals surface area contributed by atoms with Crippen LogP contribution in [0.1, 0.15) is 22.3 Å². The first kappa shape index (κ1) is 19.2. The smallest absolute Gasteiger partial charge is 0.268 e. The number of aliphatic imine (C=N–C) groups is 1. The molecule has 1 saturated heterocycles. The number of aryl methyl sites for hydroxylation is 3. The van der Waals surface area contributed by atoms with Crippen LogP contribution < -0.4 is 4.90 Å². The molecule has 0 N–H and O–H groups in total. The fraction of sp³-hybridized carbons (Fsp3) is 0.120. The maximum Gasteiger partial charge on any atom is 0.271 e. The molecule has 0 saturated carbocycles. The first-order valence-electron chi connectivity index (χ1n) is 9.53. The van der Waals surface area contributed by atoms with E-state index >= 15 is 0 Å². The van der Waals surface area contributed by atoms with Crippen molar-refractivity contribution in [2.24, 2.45) is 4.99 Å². The molecule has 3 aromatic rings. The minimum atomic E-state index is -0.0482. The molecule has 144 valence electrons. The monoisotopic (exact) mass is 398 g/mol. The van der Waals surface area contributed by atoms with E-state index in [0.717, 1.165) is 28.1 Å². The number of thioether (sulfide) groups is 1. The first-order chi connectivity index (χ1) is 14.0. The van der Waals surface area contributed by atoms with Crippen molar-refractivity contribution in [3.05, 3.63) is 100.0 Å². The van der Waals surface area contributed by atoms with Crippen molar-refractivity contribution in [1.82, 2.24) is 0 Å². The molecule has 0 bridgehead atoms. The molecule has 3 aromatic carbocycles. The second-order valence-electron chi connectivity index (χ2n) is 7.17. The van der Waals surface area contributed by atoms with Gasteiger partial charge in [-0.1, -0.05) is 59.7 Å². The van der Waals surface area contributed by atoms with Crippen LogP contribution in [0, 0.1) is 20.8 Å². The number of benzene rings is 3. The minimum Gasteiger partial charge on any atom is -0.268 e. The predicted molar refractivity (Wildman–Crippen MR) is 124 cm³/mol. The van der Waals surface area contributed by atoms with Gasteiger partial charge in [-0.2, -0.15) is 0 Å². The van der Waals surface area contributed by atoms with Crippen molar-refractivity contribution >= 4 is 40.3 Å². The maximum absolute atomic E-state index is 13.3. The van der Waals surface area contributed by atoms with Gasteiger partial charge in [0.05, 0.1) is 16.3 Å². The molecule has 1 amide bonds. The summed E-state index contributed by atoms with van der Waals surface area (Å²) in [5, 5.41) is 0.669. The first-order valence-corrected chi connectivity index (χ1v) is 10.3. The van der Waals surface area contributed by atoms with E-state index < -0.39 is 0 Å². The summed E-state index contributed by atoms with van der Waals surface area (Å²) in [7, 11) is 0. The number of rotatable bonds is 3. The standard InChI is InChI=1S/C25H22N2OS/c1-17-8-12-21(13-9-17)26-25-27(22-14-10-18(2)11-15-22)24(28)23(29-25)16-20-7-5-4-6-19(20)3/h4-16H,1-3H3. The number of nitrogens with zero attached hydrogens (tertiary/aromatic N) is 2. The average Bonchev–Trinajstić information content (AvgIpc) is 3.01. The van der Waals surface area contributed by atoms with Crippen molar-refractivity contribution in [2.45, 2.75) is 20.8 Å². The lowest BCUT2D eigenvalue weighted by atomic mass is 10.1. The summed E-state index contributed by atoms with van der Waals surface area (Å²) in [6, 6.07) is 24.0. The zero-order chi connectivity index (χ0) is 20.4. The Labute approximate surface area is 175 Å². The molecular formula is C25H22N2OS. The Morgan fingerprint density at radius 3 is 2.10 bits per heavy atom. The molecule has 0 unspecified atom stereocenters. The summed E-state index contributed by atoms with van der Waals surface area (Å²) in [6.07, 6.45) is 1.96. The maximum atomic E-state index is 13.3. The number of amidine groups is 1. The molecule has 0 spiro atoms. The van der Waals surface area contributed by atoms with Gasteiger partial charge in [-0.15, -0.1) is 0 Å². The van der Waals surface area contributed by atoms with Gasteiger partial charge >= 0.3 is 0 Å². The van der Waals surface area contributed by atoms with E-state index in [1.54, 1.807) is 4.90 Å². The molecule has 1 fully saturated rings. The van der Waals surface area contributed by atoms with Gasteiger partial charge in [0, 0.05) is 0 Å². The molecule has 4 rings (SSSR count). The fourth-order valence-corrected chi connectivity index (χ4v) is 4.08. The Kier molecular flexibility index (Phi) is 5.36. The second-order valence-corrected chi connectivity index (χ2v) is 8.18. The molecule has 1 aliphatic rings. The summed E-state index contributed by atoms with van der Waals surface area (Å²) in [5.74, 6) is -0.0482. The van der Waals surface area contributed by atoms with Crippen LogP contribution in [0.5, 0.6) is 0 Å². The Bertz CT molecular complexity index is 1110. The van der Waals surface area contributed by atoms with E-state index in [2.05, 4.69) is 13.0 Å². The molecule has 0 aliphatic carbocycles. The van der Waals surface area contributed by atoms with Crippen LogP contribution in [-0.4, -0.2) is 11.1 Å². The largest absolute Gasteiger partial charge is 0.271 e. The summed E-state index contributed by atoms with van der Waals surface area (Å²) < 4.78 is 0. The number of hydrogen-bond acceptors (Lipinski definition) is 3. The van der Waals surface area contributed by atoms with Gasteiger partial charge in [-0.05, 0) is 74.0 Å². The highest BCUT2D eigenvalue weighted by Gasteiger charge is 2.34. The van der Waals surface area contributed by atoms with Crippen LogP contribution in [0.4, 0.5) is 11.4 Å². The molecule has 0 aromatic heterocycles. The van der Waals surface area contributed by atoms with E-state index in [1.165, 1.54) is 17.3 Å². The molecule has 1 heterocycles. The third-order valence-electron chi connectivity index (χ3n) is 4.83. The van der Waals surface area contributed by atoms with Gasteiger partial charge in [0.2, 0.25) is 0 Å². The van der Waals surface area contributed by atoms with E-state index in [-0.39, 0.29) is 5.91 Å². The number of carbonyl (C=O) groups is 1. The zero-order valence-electron chi connectivity index (χ0n) is 16.7. The highest BCUT2D eigenvalue weighted by molar-refractivity contribution is 8.19. The van der Waals surface area contributed by atoms with Crippen LogP contribution in [0.25, 0.3) is 6.08 Å². The van der Waals surface area contributed by atoms with Crippen molar-refractivity contribution in [2.75, 3.05) is 4.90 Å². The number of amides is 1. The fourth-order valence-electron chi connectivity index (χ4n) is 3.09. The number of anilines is 1.